The molecule has 1 nitrogen and oxygen atoms in total. The predicted molar refractivity (Wildman–Crippen MR) is 75.5 cm³/mol. The molecular weight excluding hydrogens is 230 g/mol. The molecule has 4 fully saturated rings. The fourth-order valence-corrected chi connectivity index (χ4v) is 5.54. The van der Waals surface area contributed by atoms with Gasteiger partial charge in [0, 0.05) is 0 Å². The first-order chi connectivity index (χ1) is 9.35. The van der Waals surface area contributed by atoms with Crippen molar-refractivity contribution >= 4 is 0 Å². The Morgan fingerprint density at radius 3 is 2.21 bits per heavy atom. The lowest BCUT2D eigenvalue weighted by Gasteiger charge is -2.55. The molecule has 1 aromatic rings. The molecule has 1 heteroatoms. The standard InChI is InChI=1S/C18H21N/c19-6-5-14-3-1-2-4-17(14)18-15-8-12-7-13(10-15)11-16(18)9-12/h1-4,12-13,15-16,18H,5,7-11H2. The van der Waals surface area contributed by atoms with Crippen molar-refractivity contribution in [2.75, 3.05) is 0 Å². The maximum atomic E-state index is 9.04. The molecular formula is C18H21N. The van der Waals surface area contributed by atoms with Crippen molar-refractivity contribution in [2.24, 2.45) is 23.7 Å². The molecule has 0 N–H and O–H groups in total. The smallest absolute Gasteiger partial charge is 0.0669 e. The largest absolute Gasteiger partial charge is 0.198 e. The summed E-state index contributed by atoms with van der Waals surface area (Å²) in [5.74, 6) is 4.65. The average molecular weight is 251 g/mol. The third-order valence-corrected chi connectivity index (χ3v) is 5.91. The molecule has 0 unspecified atom stereocenters. The van der Waals surface area contributed by atoms with Gasteiger partial charge in [-0.05, 0) is 72.8 Å². The fourth-order valence-electron chi connectivity index (χ4n) is 5.54. The lowest BCUT2D eigenvalue weighted by molar-refractivity contribution is -0.00301. The minimum atomic E-state index is 0.582. The summed E-state index contributed by atoms with van der Waals surface area (Å²) in [7, 11) is 0. The zero-order valence-corrected chi connectivity index (χ0v) is 11.4. The Balaban J connectivity index is 1.71. The minimum absolute atomic E-state index is 0.582. The molecule has 1 aromatic carbocycles. The summed E-state index contributed by atoms with van der Waals surface area (Å²) in [5, 5.41) is 9.04. The number of nitriles is 1. The SMILES string of the molecule is N#CCc1ccccc1C1C2CC3CC(C2)CC1C3. The van der Waals surface area contributed by atoms with Gasteiger partial charge in [0.2, 0.25) is 0 Å². The van der Waals surface area contributed by atoms with Crippen LogP contribution >= 0.6 is 0 Å². The molecule has 0 radical (unpaired) electrons. The van der Waals surface area contributed by atoms with Gasteiger partial charge in [-0.15, -0.1) is 0 Å². The van der Waals surface area contributed by atoms with E-state index in [4.69, 9.17) is 5.26 Å². The monoisotopic (exact) mass is 251 g/mol. The molecule has 0 heterocycles. The Hall–Kier alpha value is -1.29. The molecule has 4 aliphatic rings. The molecule has 0 amide bonds. The van der Waals surface area contributed by atoms with Crippen molar-refractivity contribution in [3.05, 3.63) is 35.4 Å². The summed E-state index contributed by atoms with van der Waals surface area (Å²) in [5.41, 5.74) is 2.81. The van der Waals surface area contributed by atoms with Crippen LogP contribution in [0, 0.1) is 35.0 Å². The van der Waals surface area contributed by atoms with Crippen LogP contribution in [0.15, 0.2) is 24.3 Å². The summed E-state index contributed by atoms with van der Waals surface area (Å²) in [4.78, 5) is 0. The van der Waals surface area contributed by atoms with E-state index in [1.54, 1.807) is 0 Å². The zero-order chi connectivity index (χ0) is 12.8. The van der Waals surface area contributed by atoms with Gasteiger partial charge in [-0.1, -0.05) is 24.3 Å². The van der Waals surface area contributed by atoms with Crippen LogP contribution < -0.4 is 0 Å². The highest BCUT2D eigenvalue weighted by Crippen LogP contribution is 2.60. The summed E-state index contributed by atoms with van der Waals surface area (Å²) in [6.45, 7) is 0. The van der Waals surface area contributed by atoms with E-state index in [0.717, 1.165) is 29.6 Å². The van der Waals surface area contributed by atoms with Crippen LogP contribution in [0.1, 0.15) is 49.1 Å². The van der Waals surface area contributed by atoms with Gasteiger partial charge in [0.25, 0.3) is 0 Å². The molecule has 0 atom stereocenters. The van der Waals surface area contributed by atoms with Crippen molar-refractivity contribution in [3.8, 4) is 6.07 Å². The first-order valence-corrected chi connectivity index (χ1v) is 7.80. The van der Waals surface area contributed by atoms with E-state index in [0.29, 0.717) is 6.42 Å². The van der Waals surface area contributed by atoms with Gasteiger partial charge in [0.05, 0.1) is 12.5 Å². The first kappa shape index (κ1) is 11.5. The van der Waals surface area contributed by atoms with Gasteiger partial charge in [0.1, 0.15) is 0 Å². The van der Waals surface area contributed by atoms with Crippen LogP contribution in [0.2, 0.25) is 0 Å². The molecule has 4 bridgehead atoms. The Morgan fingerprint density at radius 1 is 0.947 bits per heavy atom. The highest BCUT2D eigenvalue weighted by molar-refractivity contribution is 5.34. The second-order valence-electron chi connectivity index (χ2n) is 6.99. The Bertz CT molecular complexity index is 497. The van der Waals surface area contributed by atoms with Crippen molar-refractivity contribution < 1.29 is 0 Å². The molecule has 19 heavy (non-hydrogen) atoms. The van der Waals surface area contributed by atoms with Gasteiger partial charge in [-0.2, -0.15) is 5.26 Å². The quantitative estimate of drug-likeness (QED) is 0.769. The average Bonchev–Trinajstić information content (AvgIpc) is 2.39. The van der Waals surface area contributed by atoms with E-state index < -0.39 is 0 Å². The summed E-state index contributed by atoms with van der Waals surface area (Å²) in [6, 6.07) is 11.1. The van der Waals surface area contributed by atoms with Gasteiger partial charge in [0.15, 0.2) is 0 Å². The third-order valence-electron chi connectivity index (χ3n) is 5.91. The molecule has 0 spiro atoms. The first-order valence-electron chi connectivity index (χ1n) is 7.80. The number of rotatable bonds is 2. The minimum Gasteiger partial charge on any atom is -0.198 e. The maximum Gasteiger partial charge on any atom is 0.0669 e. The summed E-state index contributed by atoms with van der Waals surface area (Å²) in [6.07, 6.45) is 7.92. The second-order valence-corrected chi connectivity index (χ2v) is 6.99. The highest BCUT2D eigenvalue weighted by atomic mass is 14.5. The fraction of sp³-hybridized carbons (Fsp3) is 0.611. The van der Waals surface area contributed by atoms with Crippen molar-refractivity contribution in [1.82, 2.24) is 0 Å². The lowest BCUT2D eigenvalue weighted by atomic mass is 9.50. The van der Waals surface area contributed by atoms with Crippen molar-refractivity contribution in [3.63, 3.8) is 0 Å². The van der Waals surface area contributed by atoms with Gasteiger partial charge in [-0.25, -0.2) is 0 Å². The Labute approximate surface area is 115 Å². The van der Waals surface area contributed by atoms with Crippen molar-refractivity contribution in [2.45, 2.75) is 44.4 Å². The molecule has 4 saturated carbocycles. The van der Waals surface area contributed by atoms with E-state index in [1.165, 1.54) is 43.2 Å². The van der Waals surface area contributed by atoms with E-state index in [1.807, 2.05) is 0 Å². The summed E-state index contributed by atoms with van der Waals surface area (Å²) >= 11 is 0. The molecule has 0 aliphatic heterocycles. The Morgan fingerprint density at radius 2 is 1.58 bits per heavy atom. The Kier molecular flexibility index (Phi) is 2.65. The highest BCUT2D eigenvalue weighted by Gasteiger charge is 2.48. The van der Waals surface area contributed by atoms with E-state index in [9.17, 15) is 0 Å². The van der Waals surface area contributed by atoms with E-state index in [2.05, 4.69) is 30.3 Å². The molecule has 5 rings (SSSR count). The van der Waals surface area contributed by atoms with Crippen LogP contribution in [0.4, 0.5) is 0 Å². The predicted octanol–water partition coefficient (Wildman–Crippen LogP) is 4.29. The third kappa shape index (κ3) is 1.81. The number of benzene rings is 1. The van der Waals surface area contributed by atoms with Crippen LogP contribution in [0.25, 0.3) is 0 Å². The lowest BCUT2D eigenvalue weighted by Crippen LogP contribution is -2.44. The van der Waals surface area contributed by atoms with Crippen molar-refractivity contribution in [1.29, 1.82) is 5.26 Å². The second kappa shape index (κ2) is 4.37. The number of nitrogens with zero attached hydrogens (tertiary/aromatic N) is 1. The normalized spacial score (nSPS) is 39.2. The molecule has 4 aliphatic carbocycles. The van der Waals surface area contributed by atoms with Crippen LogP contribution in [0.5, 0.6) is 0 Å². The number of hydrogen-bond acceptors (Lipinski definition) is 1. The number of hydrogen-bond donors (Lipinski definition) is 0. The maximum absolute atomic E-state index is 9.04. The van der Waals surface area contributed by atoms with Gasteiger partial charge >= 0.3 is 0 Å². The molecule has 98 valence electrons. The van der Waals surface area contributed by atoms with Crippen LogP contribution in [-0.2, 0) is 6.42 Å². The zero-order valence-electron chi connectivity index (χ0n) is 11.4. The molecule has 0 saturated heterocycles. The van der Waals surface area contributed by atoms with Gasteiger partial charge < -0.3 is 0 Å². The van der Waals surface area contributed by atoms with E-state index >= 15 is 0 Å². The molecule has 0 aromatic heterocycles. The summed E-state index contributed by atoms with van der Waals surface area (Å²) < 4.78 is 0. The van der Waals surface area contributed by atoms with Crippen LogP contribution in [-0.4, -0.2) is 0 Å². The van der Waals surface area contributed by atoms with E-state index in [-0.39, 0.29) is 0 Å². The van der Waals surface area contributed by atoms with Gasteiger partial charge in [-0.3, -0.25) is 0 Å². The van der Waals surface area contributed by atoms with Crippen LogP contribution in [0.3, 0.4) is 0 Å². The topological polar surface area (TPSA) is 23.8 Å².